The molecule has 0 saturated heterocycles. The number of amides is 2. The van der Waals surface area contributed by atoms with Crippen molar-refractivity contribution in [3.8, 4) is 0 Å². The fraction of sp³-hybridized carbons (Fsp3) is 0.615. The number of aryl methyl sites for hydroxylation is 1. The summed E-state index contributed by atoms with van der Waals surface area (Å²) >= 11 is 0. The van der Waals surface area contributed by atoms with Gasteiger partial charge in [-0.05, 0) is 19.8 Å². The number of nitrogens with zero attached hydrogens (tertiary/aromatic N) is 1. The molecule has 2 N–H and O–H groups in total. The monoisotopic (exact) mass is 265 g/mol. The van der Waals surface area contributed by atoms with E-state index in [2.05, 4.69) is 15.8 Å². The van der Waals surface area contributed by atoms with Gasteiger partial charge in [-0.25, -0.2) is 0 Å². The van der Waals surface area contributed by atoms with Crippen LogP contribution in [0.25, 0.3) is 0 Å². The topological polar surface area (TPSA) is 84.2 Å². The van der Waals surface area contributed by atoms with E-state index in [1.165, 1.54) is 0 Å². The molecule has 1 saturated carbocycles. The first-order chi connectivity index (χ1) is 8.99. The Bertz CT molecular complexity index is 489. The normalized spacial score (nSPS) is 14.5. The predicted molar refractivity (Wildman–Crippen MR) is 68.8 cm³/mol. The molecule has 0 radical (unpaired) electrons. The Morgan fingerprint density at radius 1 is 1.42 bits per heavy atom. The molecule has 1 aliphatic rings. The van der Waals surface area contributed by atoms with Gasteiger partial charge in [0.25, 0.3) is 5.91 Å². The summed E-state index contributed by atoms with van der Waals surface area (Å²) < 4.78 is 5.15. The quantitative estimate of drug-likeness (QED) is 0.835. The SMILES string of the molecule is Cc1noc(C(C)C)c1C(=O)NCC(=O)NC1CC1. The van der Waals surface area contributed by atoms with E-state index in [0.717, 1.165) is 12.8 Å². The maximum Gasteiger partial charge on any atom is 0.257 e. The summed E-state index contributed by atoms with van der Waals surface area (Å²) in [6.45, 7) is 5.55. The Balaban J connectivity index is 1.95. The van der Waals surface area contributed by atoms with E-state index in [1.54, 1.807) is 6.92 Å². The molecular weight excluding hydrogens is 246 g/mol. The van der Waals surface area contributed by atoms with Crippen molar-refractivity contribution in [3.63, 3.8) is 0 Å². The molecule has 1 aromatic rings. The number of hydrogen-bond donors (Lipinski definition) is 2. The van der Waals surface area contributed by atoms with Gasteiger partial charge < -0.3 is 15.2 Å². The summed E-state index contributed by atoms with van der Waals surface area (Å²) in [5, 5.41) is 9.22. The largest absolute Gasteiger partial charge is 0.360 e. The molecule has 0 atom stereocenters. The summed E-state index contributed by atoms with van der Waals surface area (Å²) in [5.41, 5.74) is 0.984. The Morgan fingerprint density at radius 3 is 2.68 bits per heavy atom. The Kier molecular flexibility index (Phi) is 3.87. The van der Waals surface area contributed by atoms with Crippen molar-refractivity contribution < 1.29 is 14.1 Å². The molecular formula is C13H19N3O3. The van der Waals surface area contributed by atoms with Crippen LogP contribution in [0.5, 0.6) is 0 Å². The third kappa shape index (κ3) is 3.33. The van der Waals surface area contributed by atoms with Gasteiger partial charge in [-0.1, -0.05) is 19.0 Å². The summed E-state index contributed by atoms with van der Waals surface area (Å²) in [6, 6.07) is 0.299. The van der Waals surface area contributed by atoms with Gasteiger partial charge in [-0.15, -0.1) is 0 Å². The van der Waals surface area contributed by atoms with E-state index in [1.807, 2.05) is 13.8 Å². The van der Waals surface area contributed by atoms with Crippen LogP contribution >= 0.6 is 0 Å². The highest BCUT2D eigenvalue weighted by atomic mass is 16.5. The average molecular weight is 265 g/mol. The number of hydrogen-bond acceptors (Lipinski definition) is 4. The number of nitrogens with one attached hydrogen (secondary N) is 2. The lowest BCUT2D eigenvalue weighted by Gasteiger charge is -2.07. The molecule has 19 heavy (non-hydrogen) atoms. The molecule has 0 aromatic carbocycles. The lowest BCUT2D eigenvalue weighted by atomic mass is 10.0. The van der Waals surface area contributed by atoms with Gasteiger partial charge in [0.05, 0.1) is 12.2 Å². The minimum Gasteiger partial charge on any atom is -0.360 e. The number of carbonyl (C=O) groups excluding carboxylic acids is 2. The number of rotatable bonds is 5. The Morgan fingerprint density at radius 2 is 2.11 bits per heavy atom. The standard InChI is InChI=1S/C13H19N3O3/c1-7(2)12-11(8(3)16-19-12)13(18)14-6-10(17)15-9-4-5-9/h7,9H,4-6H2,1-3H3,(H,14,18)(H,15,17). The van der Waals surface area contributed by atoms with Gasteiger partial charge in [0, 0.05) is 12.0 Å². The summed E-state index contributed by atoms with van der Waals surface area (Å²) in [6.07, 6.45) is 2.06. The van der Waals surface area contributed by atoms with E-state index in [0.29, 0.717) is 23.1 Å². The van der Waals surface area contributed by atoms with Gasteiger partial charge in [0.1, 0.15) is 5.56 Å². The predicted octanol–water partition coefficient (Wildman–Crippen LogP) is 1.11. The minimum atomic E-state index is -0.312. The maximum absolute atomic E-state index is 12.1. The van der Waals surface area contributed by atoms with Crippen molar-refractivity contribution in [3.05, 3.63) is 17.0 Å². The first-order valence-electron chi connectivity index (χ1n) is 6.52. The van der Waals surface area contributed by atoms with Crippen LogP contribution in [0.4, 0.5) is 0 Å². The Hall–Kier alpha value is -1.85. The van der Waals surface area contributed by atoms with E-state index in [-0.39, 0.29) is 24.3 Å². The molecule has 0 aliphatic heterocycles. The number of carbonyl (C=O) groups is 2. The molecule has 1 aliphatic carbocycles. The van der Waals surface area contributed by atoms with Gasteiger partial charge in [-0.3, -0.25) is 9.59 Å². The molecule has 104 valence electrons. The highest BCUT2D eigenvalue weighted by molar-refractivity contribution is 5.98. The van der Waals surface area contributed by atoms with Crippen molar-refractivity contribution in [1.82, 2.24) is 15.8 Å². The van der Waals surface area contributed by atoms with Crippen LogP contribution in [0.3, 0.4) is 0 Å². The van der Waals surface area contributed by atoms with Gasteiger partial charge >= 0.3 is 0 Å². The van der Waals surface area contributed by atoms with Crippen LogP contribution in [0, 0.1) is 6.92 Å². The van der Waals surface area contributed by atoms with Crippen LogP contribution in [0.2, 0.25) is 0 Å². The molecule has 6 nitrogen and oxygen atoms in total. The fourth-order valence-corrected chi connectivity index (χ4v) is 1.81. The average Bonchev–Trinajstić information content (AvgIpc) is 3.06. The van der Waals surface area contributed by atoms with Gasteiger partial charge in [-0.2, -0.15) is 0 Å². The van der Waals surface area contributed by atoms with E-state index < -0.39 is 0 Å². The molecule has 2 rings (SSSR count). The van der Waals surface area contributed by atoms with Crippen molar-refractivity contribution in [1.29, 1.82) is 0 Å². The summed E-state index contributed by atoms with van der Waals surface area (Å²) in [7, 11) is 0. The molecule has 6 heteroatoms. The zero-order valence-electron chi connectivity index (χ0n) is 11.4. The third-order valence-corrected chi connectivity index (χ3v) is 2.99. The zero-order valence-corrected chi connectivity index (χ0v) is 11.4. The summed E-state index contributed by atoms with van der Waals surface area (Å²) in [4.78, 5) is 23.6. The van der Waals surface area contributed by atoms with Crippen LogP contribution in [0.1, 0.15) is 54.4 Å². The molecule has 1 aromatic heterocycles. The van der Waals surface area contributed by atoms with Crippen molar-refractivity contribution in [2.45, 2.75) is 45.6 Å². The fourth-order valence-electron chi connectivity index (χ4n) is 1.81. The smallest absolute Gasteiger partial charge is 0.257 e. The lowest BCUT2D eigenvalue weighted by Crippen LogP contribution is -2.38. The highest BCUT2D eigenvalue weighted by Gasteiger charge is 2.25. The van der Waals surface area contributed by atoms with Crippen molar-refractivity contribution in [2.24, 2.45) is 0 Å². The molecule has 1 heterocycles. The van der Waals surface area contributed by atoms with Gasteiger partial charge in [0.15, 0.2) is 5.76 Å². The molecule has 0 unspecified atom stereocenters. The van der Waals surface area contributed by atoms with Gasteiger partial charge in [0.2, 0.25) is 5.91 Å². The first kappa shape index (κ1) is 13.6. The second-order valence-electron chi connectivity index (χ2n) is 5.19. The van der Waals surface area contributed by atoms with Crippen LogP contribution in [0.15, 0.2) is 4.52 Å². The second-order valence-corrected chi connectivity index (χ2v) is 5.19. The van der Waals surface area contributed by atoms with Crippen molar-refractivity contribution >= 4 is 11.8 Å². The van der Waals surface area contributed by atoms with E-state index in [4.69, 9.17) is 4.52 Å². The summed E-state index contributed by atoms with van der Waals surface area (Å²) in [5.74, 6) is 0.157. The Labute approximate surface area is 111 Å². The highest BCUT2D eigenvalue weighted by Crippen LogP contribution is 2.22. The van der Waals surface area contributed by atoms with E-state index in [9.17, 15) is 9.59 Å². The minimum absolute atomic E-state index is 0.0164. The molecule has 0 spiro atoms. The number of aromatic nitrogens is 1. The van der Waals surface area contributed by atoms with Crippen molar-refractivity contribution in [2.75, 3.05) is 6.54 Å². The van der Waals surface area contributed by atoms with Crippen LogP contribution in [-0.4, -0.2) is 29.6 Å². The lowest BCUT2D eigenvalue weighted by molar-refractivity contribution is -0.120. The van der Waals surface area contributed by atoms with E-state index >= 15 is 0 Å². The molecule has 2 amide bonds. The third-order valence-electron chi connectivity index (χ3n) is 2.99. The molecule has 1 fully saturated rings. The maximum atomic E-state index is 12.1. The zero-order chi connectivity index (χ0) is 14.0. The second kappa shape index (κ2) is 5.42. The first-order valence-corrected chi connectivity index (χ1v) is 6.52. The van der Waals surface area contributed by atoms with Crippen LogP contribution in [-0.2, 0) is 4.79 Å². The molecule has 0 bridgehead atoms. The van der Waals surface area contributed by atoms with Crippen LogP contribution < -0.4 is 10.6 Å².